The molecule has 7 heteroatoms. The molecule has 1 unspecified atom stereocenters. The molecular formula is C17H19NO6. The highest BCUT2D eigenvalue weighted by Gasteiger charge is 2.57. The molecule has 1 aromatic rings. The van der Waals surface area contributed by atoms with Crippen molar-refractivity contribution in [3.8, 4) is 0 Å². The lowest BCUT2D eigenvalue weighted by molar-refractivity contribution is -0.151. The summed E-state index contributed by atoms with van der Waals surface area (Å²) < 4.78 is 16.0. The summed E-state index contributed by atoms with van der Waals surface area (Å²) in [6, 6.07) is 6.50. The van der Waals surface area contributed by atoms with E-state index in [9.17, 15) is 14.4 Å². The van der Waals surface area contributed by atoms with E-state index in [1.165, 1.54) is 6.92 Å². The van der Waals surface area contributed by atoms with Crippen LogP contribution < -0.4 is 0 Å². The molecule has 0 aromatic heterocycles. The van der Waals surface area contributed by atoms with Gasteiger partial charge < -0.3 is 14.2 Å². The summed E-state index contributed by atoms with van der Waals surface area (Å²) in [5.74, 6) is -0.484. The molecule has 3 atom stereocenters. The van der Waals surface area contributed by atoms with E-state index < -0.39 is 42.0 Å². The monoisotopic (exact) mass is 333 g/mol. The molecule has 7 nitrogen and oxygen atoms in total. The van der Waals surface area contributed by atoms with Gasteiger partial charge in [-0.15, -0.1) is 0 Å². The minimum Gasteiger partial charge on any atom is -0.454 e. The summed E-state index contributed by atoms with van der Waals surface area (Å²) in [7, 11) is 0. The van der Waals surface area contributed by atoms with E-state index in [4.69, 9.17) is 14.2 Å². The van der Waals surface area contributed by atoms with Crippen LogP contribution in [0.5, 0.6) is 0 Å². The Morgan fingerprint density at radius 2 is 1.79 bits per heavy atom. The van der Waals surface area contributed by atoms with Gasteiger partial charge in [-0.1, -0.05) is 24.3 Å². The maximum atomic E-state index is 12.4. The molecule has 2 aliphatic rings. The molecule has 1 aliphatic carbocycles. The number of carbonyl (C=O) groups excluding carboxylic acids is 3. The third-order valence-corrected chi connectivity index (χ3v) is 3.83. The van der Waals surface area contributed by atoms with Crippen molar-refractivity contribution >= 4 is 18.2 Å². The first kappa shape index (κ1) is 16.3. The van der Waals surface area contributed by atoms with Crippen molar-refractivity contribution in [3.63, 3.8) is 0 Å². The molecule has 1 heterocycles. The summed E-state index contributed by atoms with van der Waals surface area (Å²) in [5.41, 5.74) is 0.692. The van der Waals surface area contributed by atoms with E-state index in [-0.39, 0.29) is 0 Å². The van der Waals surface area contributed by atoms with Crippen LogP contribution in [0.4, 0.5) is 9.59 Å². The predicted octanol–water partition coefficient (Wildman–Crippen LogP) is 3.10. The average Bonchev–Trinajstić information content (AvgIpc) is 2.92. The Morgan fingerprint density at radius 3 is 2.38 bits per heavy atom. The zero-order valence-electron chi connectivity index (χ0n) is 13.9. The number of esters is 1. The first-order valence-corrected chi connectivity index (χ1v) is 7.68. The average molecular weight is 333 g/mol. The topological polar surface area (TPSA) is 82.1 Å². The van der Waals surface area contributed by atoms with Gasteiger partial charge in [0.15, 0.2) is 12.2 Å². The van der Waals surface area contributed by atoms with Gasteiger partial charge in [-0.2, -0.15) is 0 Å². The second-order valence-corrected chi connectivity index (χ2v) is 6.80. The van der Waals surface area contributed by atoms with E-state index in [1.807, 2.05) is 0 Å². The fourth-order valence-electron chi connectivity index (χ4n) is 3.07. The standard InChI is InChI=1S/C17H19NO6/c1-9(19)22-13-11-8-6-5-7-10(11)12-14(13)23-15(20)18(12)16(21)24-17(2,3)4/h5-8,12-14H,1-4H3/t12-,13?,14-/m1/s1. The number of imide groups is 1. The number of benzene rings is 1. The van der Waals surface area contributed by atoms with Gasteiger partial charge in [0.25, 0.3) is 0 Å². The highest BCUT2D eigenvalue weighted by molar-refractivity contribution is 5.91. The lowest BCUT2D eigenvalue weighted by atomic mass is 10.1. The Morgan fingerprint density at radius 1 is 1.17 bits per heavy atom. The van der Waals surface area contributed by atoms with Crippen LogP contribution in [-0.2, 0) is 19.0 Å². The van der Waals surface area contributed by atoms with E-state index in [0.717, 1.165) is 10.5 Å². The molecule has 128 valence electrons. The number of carbonyl (C=O) groups is 3. The van der Waals surface area contributed by atoms with Crippen molar-refractivity contribution in [2.75, 3.05) is 0 Å². The van der Waals surface area contributed by atoms with E-state index >= 15 is 0 Å². The van der Waals surface area contributed by atoms with E-state index in [2.05, 4.69) is 0 Å². The molecule has 1 aliphatic heterocycles. The Kier molecular flexibility index (Phi) is 3.74. The van der Waals surface area contributed by atoms with Crippen LogP contribution in [0.2, 0.25) is 0 Å². The van der Waals surface area contributed by atoms with Crippen LogP contribution >= 0.6 is 0 Å². The Balaban J connectivity index is 1.98. The van der Waals surface area contributed by atoms with Crippen molar-refractivity contribution in [2.45, 2.75) is 51.5 Å². The highest BCUT2D eigenvalue weighted by Crippen LogP contribution is 2.50. The molecular weight excluding hydrogens is 314 g/mol. The number of hydrogen-bond acceptors (Lipinski definition) is 6. The van der Waals surface area contributed by atoms with E-state index in [1.54, 1.807) is 45.0 Å². The predicted molar refractivity (Wildman–Crippen MR) is 82.0 cm³/mol. The number of fused-ring (bicyclic) bond motifs is 3. The van der Waals surface area contributed by atoms with Gasteiger partial charge in [-0.25, -0.2) is 14.5 Å². The van der Waals surface area contributed by atoms with Gasteiger partial charge in [-0.3, -0.25) is 4.79 Å². The van der Waals surface area contributed by atoms with Crippen molar-refractivity contribution in [2.24, 2.45) is 0 Å². The number of ether oxygens (including phenoxy) is 3. The van der Waals surface area contributed by atoms with Crippen LogP contribution in [0.3, 0.4) is 0 Å². The largest absolute Gasteiger partial charge is 0.454 e. The summed E-state index contributed by atoms with van der Waals surface area (Å²) in [6.45, 7) is 6.44. The molecule has 1 aromatic carbocycles. The van der Waals surface area contributed by atoms with Crippen molar-refractivity contribution < 1.29 is 28.6 Å². The molecule has 2 amide bonds. The molecule has 0 N–H and O–H groups in total. The van der Waals surface area contributed by atoms with Crippen LogP contribution in [0.25, 0.3) is 0 Å². The number of nitrogens with zero attached hydrogens (tertiary/aromatic N) is 1. The van der Waals surface area contributed by atoms with Crippen LogP contribution in [0.15, 0.2) is 24.3 Å². The number of rotatable bonds is 1. The number of amides is 2. The Hall–Kier alpha value is -2.57. The van der Waals surface area contributed by atoms with Gasteiger partial charge in [0, 0.05) is 12.5 Å². The Labute approximate surface area is 139 Å². The van der Waals surface area contributed by atoms with Crippen LogP contribution in [0, 0.1) is 0 Å². The van der Waals surface area contributed by atoms with Gasteiger partial charge in [0.1, 0.15) is 11.6 Å². The minimum absolute atomic E-state index is 0.484. The van der Waals surface area contributed by atoms with Crippen LogP contribution in [-0.4, -0.2) is 34.8 Å². The first-order valence-electron chi connectivity index (χ1n) is 7.68. The van der Waals surface area contributed by atoms with E-state index in [0.29, 0.717) is 5.56 Å². The maximum Gasteiger partial charge on any atom is 0.420 e. The first-order chi connectivity index (χ1) is 11.2. The smallest absolute Gasteiger partial charge is 0.420 e. The second kappa shape index (κ2) is 5.51. The van der Waals surface area contributed by atoms with Gasteiger partial charge >= 0.3 is 18.2 Å². The molecule has 0 radical (unpaired) electrons. The third kappa shape index (κ3) is 2.70. The maximum absolute atomic E-state index is 12.4. The number of hydrogen-bond donors (Lipinski definition) is 0. The normalized spacial score (nSPS) is 24.9. The molecule has 0 spiro atoms. The van der Waals surface area contributed by atoms with Gasteiger partial charge in [0.2, 0.25) is 0 Å². The lowest BCUT2D eigenvalue weighted by Crippen LogP contribution is -2.39. The second-order valence-electron chi connectivity index (χ2n) is 6.80. The lowest BCUT2D eigenvalue weighted by Gasteiger charge is -2.25. The zero-order chi connectivity index (χ0) is 17.6. The molecule has 24 heavy (non-hydrogen) atoms. The molecule has 1 fully saturated rings. The summed E-state index contributed by atoms with van der Waals surface area (Å²) in [4.78, 5) is 37.0. The molecule has 0 bridgehead atoms. The molecule has 1 saturated heterocycles. The summed E-state index contributed by atoms with van der Waals surface area (Å²) in [5, 5.41) is 0. The third-order valence-electron chi connectivity index (χ3n) is 3.83. The summed E-state index contributed by atoms with van der Waals surface area (Å²) >= 11 is 0. The molecule has 3 rings (SSSR count). The fraction of sp³-hybridized carbons (Fsp3) is 0.471. The zero-order valence-corrected chi connectivity index (χ0v) is 13.9. The van der Waals surface area contributed by atoms with Crippen molar-refractivity contribution in [3.05, 3.63) is 35.4 Å². The van der Waals surface area contributed by atoms with Gasteiger partial charge in [-0.05, 0) is 26.3 Å². The highest BCUT2D eigenvalue weighted by atomic mass is 16.6. The minimum atomic E-state index is -0.800. The quantitative estimate of drug-likeness (QED) is 0.580. The summed E-state index contributed by atoms with van der Waals surface area (Å²) in [6.07, 6.45) is -3.09. The molecule has 0 saturated carbocycles. The van der Waals surface area contributed by atoms with Gasteiger partial charge in [0.05, 0.1) is 0 Å². The SMILES string of the molecule is CC(=O)OC1c2ccccc2[C@@H]2[C@H]1OC(=O)N2C(=O)OC(C)(C)C. The fourth-order valence-corrected chi connectivity index (χ4v) is 3.07. The van der Waals surface area contributed by atoms with Crippen LogP contribution in [0.1, 0.15) is 51.0 Å². The van der Waals surface area contributed by atoms with Crippen molar-refractivity contribution in [1.29, 1.82) is 0 Å². The Bertz CT molecular complexity index is 707. The van der Waals surface area contributed by atoms with Crippen molar-refractivity contribution in [1.82, 2.24) is 4.90 Å².